The largest absolute Gasteiger partial charge is 0.480 e. The predicted molar refractivity (Wildman–Crippen MR) is 108 cm³/mol. The van der Waals surface area contributed by atoms with Gasteiger partial charge in [-0.05, 0) is 94.6 Å². The molecule has 6 nitrogen and oxygen atoms in total. The highest BCUT2D eigenvalue weighted by atomic mass is 127. The van der Waals surface area contributed by atoms with Crippen LogP contribution < -0.4 is 4.74 Å². The highest BCUT2D eigenvalue weighted by molar-refractivity contribution is 14.1. The van der Waals surface area contributed by atoms with Gasteiger partial charge in [0, 0.05) is 6.04 Å². The molecule has 0 aliphatic carbocycles. The molecule has 0 bridgehead atoms. The predicted octanol–water partition coefficient (Wildman–Crippen LogP) is 3.80. The Bertz CT molecular complexity index is 724. The lowest BCUT2D eigenvalue weighted by Gasteiger charge is -2.16. The Morgan fingerprint density at radius 1 is 1.33 bits per heavy atom. The lowest BCUT2D eigenvalue weighted by atomic mass is 10.2. The fourth-order valence-corrected chi connectivity index (χ4v) is 5.10. The first kappa shape index (κ1) is 19.5. The number of amides is 2. The average Bonchev–Trinajstić information content (AvgIpc) is 2.72. The maximum atomic E-state index is 12.3. The van der Waals surface area contributed by atoms with Crippen LogP contribution >= 0.6 is 56.9 Å². The molecule has 24 heavy (non-hydrogen) atoms. The van der Waals surface area contributed by atoms with Crippen molar-refractivity contribution < 1.29 is 24.2 Å². The molecule has 1 aliphatic heterocycles. The molecule has 128 valence electrons. The van der Waals surface area contributed by atoms with Crippen LogP contribution in [0.2, 0.25) is 0 Å². The van der Waals surface area contributed by atoms with Crippen LogP contribution in [0.3, 0.4) is 0 Å². The van der Waals surface area contributed by atoms with Crippen LogP contribution in [-0.4, -0.2) is 39.8 Å². The normalized spacial score (nSPS) is 16.4. The Balaban J connectivity index is 2.29. The molecule has 0 unspecified atom stereocenters. The molecule has 0 saturated carbocycles. The second kappa shape index (κ2) is 8.04. The zero-order valence-electron chi connectivity index (χ0n) is 12.7. The first-order chi connectivity index (χ1) is 11.2. The second-order valence-electron chi connectivity index (χ2n) is 5.14. The third-order valence-electron chi connectivity index (χ3n) is 3.00. The lowest BCUT2D eigenvalue weighted by Crippen LogP contribution is -2.34. The minimum absolute atomic E-state index is 0.185. The van der Waals surface area contributed by atoms with Crippen LogP contribution in [-0.2, 0) is 9.59 Å². The van der Waals surface area contributed by atoms with Gasteiger partial charge < -0.3 is 9.84 Å². The van der Waals surface area contributed by atoms with Crippen molar-refractivity contribution in [2.24, 2.45) is 0 Å². The monoisotopic (exact) mass is 573 g/mol. The van der Waals surface area contributed by atoms with Crippen molar-refractivity contribution >= 4 is 80.1 Å². The van der Waals surface area contributed by atoms with Crippen molar-refractivity contribution in [3.05, 3.63) is 29.7 Å². The molecule has 1 aliphatic rings. The summed E-state index contributed by atoms with van der Waals surface area (Å²) in [5.41, 5.74) is 0.751. The van der Waals surface area contributed by atoms with E-state index in [4.69, 9.17) is 9.84 Å². The van der Waals surface area contributed by atoms with Crippen LogP contribution in [0.15, 0.2) is 17.0 Å². The number of hydrogen-bond donors (Lipinski definition) is 1. The summed E-state index contributed by atoms with van der Waals surface area (Å²) in [6.07, 6.45) is 1.67. The number of thioether (sulfide) groups is 1. The van der Waals surface area contributed by atoms with Gasteiger partial charge in [-0.1, -0.05) is 0 Å². The Labute approximate surface area is 170 Å². The number of rotatable bonds is 5. The molecule has 2 amide bonds. The number of hydrogen-bond acceptors (Lipinski definition) is 5. The topological polar surface area (TPSA) is 83.9 Å². The first-order valence-corrected chi connectivity index (χ1v) is 9.78. The van der Waals surface area contributed by atoms with Gasteiger partial charge in [0.25, 0.3) is 11.1 Å². The van der Waals surface area contributed by atoms with Crippen LogP contribution in [0.5, 0.6) is 5.75 Å². The van der Waals surface area contributed by atoms with Crippen LogP contribution in [0.25, 0.3) is 6.08 Å². The number of carbonyl (C=O) groups is 3. The maximum Gasteiger partial charge on any atom is 0.341 e. The highest BCUT2D eigenvalue weighted by Gasteiger charge is 2.36. The van der Waals surface area contributed by atoms with Crippen molar-refractivity contribution in [2.75, 3.05) is 6.61 Å². The fourth-order valence-electron chi connectivity index (χ4n) is 2.01. The van der Waals surface area contributed by atoms with Crippen molar-refractivity contribution in [1.82, 2.24) is 4.90 Å². The highest BCUT2D eigenvalue weighted by Crippen LogP contribution is 2.35. The minimum atomic E-state index is -1.05. The zero-order valence-corrected chi connectivity index (χ0v) is 17.8. The molecule has 0 aromatic heterocycles. The summed E-state index contributed by atoms with van der Waals surface area (Å²) in [7, 11) is 0. The Hall–Kier alpha value is -0.820. The van der Waals surface area contributed by atoms with Crippen molar-refractivity contribution in [2.45, 2.75) is 19.9 Å². The van der Waals surface area contributed by atoms with Gasteiger partial charge in [-0.2, -0.15) is 0 Å². The summed E-state index contributed by atoms with van der Waals surface area (Å²) in [6, 6.07) is 3.38. The second-order valence-corrected chi connectivity index (χ2v) is 8.46. The quantitative estimate of drug-likeness (QED) is 0.427. The van der Waals surface area contributed by atoms with Crippen LogP contribution in [0.4, 0.5) is 4.79 Å². The standard InChI is InChI=1S/C15H13I2NO5S/c1-7(2)18-14(21)11(24-15(18)22)5-8-3-9(16)13(10(17)4-8)23-6-12(19)20/h3-5,7H,6H2,1-2H3,(H,19,20)/b11-5-. The zero-order chi connectivity index (χ0) is 18.0. The van der Waals surface area contributed by atoms with Gasteiger partial charge in [-0.25, -0.2) is 4.79 Å². The van der Waals surface area contributed by atoms with Gasteiger partial charge in [-0.15, -0.1) is 0 Å². The van der Waals surface area contributed by atoms with Crippen molar-refractivity contribution in [1.29, 1.82) is 0 Å². The van der Waals surface area contributed by atoms with Gasteiger partial charge in [0.2, 0.25) is 0 Å². The maximum absolute atomic E-state index is 12.3. The Morgan fingerprint density at radius 3 is 2.38 bits per heavy atom. The molecule has 1 heterocycles. The summed E-state index contributed by atoms with van der Waals surface area (Å²) < 4.78 is 6.73. The number of imide groups is 1. The molecule has 9 heteroatoms. The molecular formula is C15H13I2NO5S. The molecule has 1 aromatic carbocycles. The number of aliphatic carboxylic acids is 1. The van der Waals surface area contributed by atoms with Gasteiger partial charge >= 0.3 is 5.97 Å². The molecule has 0 spiro atoms. The van der Waals surface area contributed by atoms with Gasteiger partial charge in [0.15, 0.2) is 6.61 Å². The molecule has 1 N–H and O–H groups in total. The van der Waals surface area contributed by atoms with E-state index in [1.165, 1.54) is 4.90 Å². The van der Waals surface area contributed by atoms with Gasteiger partial charge in [0.1, 0.15) is 5.75 Å². The van der Waals surface area contributed by atoms with Gasteiger partial charge in [0.05, 0.1) is 12.0 Å². The Kier molecular flexibility index (Phi) is 6.53. The Morgan fingerprint density at radius 2 is 1.92 bits per heavy atom. The summed E-state index contributed by atoms with van der Waals surface area (Å²) in [5.74, 6) is -0.852. The molecule has 1 saturated heterocycles. The minimum Gasteiger partial charge on any atom is -0.480 e. The molecule has 1 aromatic rings. The van der Waals surface area contributed by atoms with Crippen LogP contribution in [0.1, 0.15) is 19.4 Å². The van der Waals surface area contributed by atoms with Gasteiger partial charge in [-0.3, -0.25) is 14.5 Å². The smallest absolute Gasteiger partial charge is 0.341 e. The van der Waals surface area contributed by atoms with E-state index in [2.05, 4.69) is 0 Å². The number of nitrogens with zero attached hydrogens (tertiary/aromatic N) is 1. The molecule has 0 atom stereocenters. The number of carboxylic acid groups (broad SMARTS) is 1. The number of ether oxygens (including phenoxy) is 1. The lowest BCUT2D eigenvalue weighted by molar-refractivity contribution is -0.139. The van der Waals surface area contributed by atoms with E-state index in [1.807, 2.05) is 45.2 Å². The molecule has 1 fully saturated rings. The van der Waals surface area contributed by atoms with E-state index < -0.39 is 12.6 Å². The average molecular weight is 573 g/mol. The molecule has 0 radical (unpaired) electrons. The summed E-state index contributed by atoms with van der Waals surface area (Å²) in [4.78, 5) is 36.4. The third kappa shape index (κ3) is 4.42. The first-order valence-electron chi connectivity index (χ1n) is 6.81. The molecular weight excluding hydrogens is 560 g/mol. The fraction of sp³-hybridized carbons (Fsp3) is 0.267. The van der Waals surface area contributed by atoms with E-state index in [0.29, 0.717) is 10.7 Å². The summed E-state index contributed by atoms with van der Waals surface area (Å²) >= 11 is 5.02. The SMILES string of the molecule is CC(C)N1C(=O)S/C(=C\c2cc(I)c(OCC(=O)O)c(I)c2)C1=O. The van der Waals surface area contributed by atoms with Crippen molar-refractivity contribution in [3.8, 4) is 5.75 Å². The number of halogens is 2. The number of benzene rings is 1. The summed E-state index contributed by atoms with van der Waals surface area (Å²) in [6.45, 7) is 3.16. The van der Waals surface area contributed by atoms with Crippen molar-refractivity contribution in [3.63, 3.8) is 0 Å². The van der Waals surface area contributed by atoms with E-state index in [1.54, 1.807) is 32.1 Å². The van der Waals surface area contributed by atoms with Crippen LogP contribution in [0, 0.1) is 7.14 Å². The third-order valence-corrected chi connectivity index (χ3v) is 5.48. The number of carboxylic acids is 1. The van der Waals surface area contributed by atoms with E-state index in [9.17, 15) is 14.4 Å². The molecule has 2 rings (SSSR count). The summed E-state index contributed by atoms with van der Waals surface area (Å²) in [5, 5.41) is 8.44. The number of carbonyl (C=O) groups excluding carboxylic acids is 2. The van der Waals surface area contributed by atoms with E-state index in [0.717, 1.165) is 24.5 Å². The van der Waals surface area contributed by atoms with E-state index >= 15 is 0 Å². The van der Waals surface area contributed by atoms with E-state index in [-0.39, 0.29) is 17.2 Å².